The molecule has 0 fully saturated rings. The highest BCUT2D eigenvalue weighted by Gasteiger charge is 2.21. The van der Waals surface area contributed by atoms with Crippen molar-refractivity contribution in [1.82, 2.24) is 14.8 Å². The van der Waals surface area contributed by atoms with Crippen molar-refractivity contribution in [3.63, 3.8) is 0 Å². The van der Waals surface area contributed by atoms with Crippen LogP contribution in [0.15, 0.2) is 12.4 Å². The monoisotopic (exact) mass is 291 g/mol. The summed E-state index contributed by atoms with van der Waals surface area (Å²) in [5.41, 5.74) is 2.81. The van der Waals surface area contributed by atoms with E-state index < -0.39 is 0 Å². The molecule has 2 rings (SSSR count). The molecule has 0 aromatic carbocycles. The Bertz CT molecular complexity index is 478. The Labute approximate surface area is 128 Å². The van der Waals surface area contributed by atoms with Gasteiger partial charge in [0.25, 0.3) is 0 Å². The third-order valence-electron chi connectivity index (χ3n) is 4.50. The third-order valence-corrected chi connectivity index (χ3v) is 4.50. The second-order valence-corrected chi connectivity index (χ2v) is 6.37. The summed E-state index contributed by atoms with van der Waals surface area (Å²) >= 11 is 0. The van der Waals surface area contributed by atoms with E-state index in [1.165, 1.54) is 30.4 Å². The lowest BCUT2D eigenvalue weighted by atomic mass is 10.0. The van der Waals surface area contributed by atoms with Crippen molar-refractivity contribution in [2.75, 3.05) is 13.6 Å². The number of hydrogen-bond donors (Lipinski definition) is 1. The molecule has 0 saturated heterocycles. The van der Waals surface area contributed by atoms with Crippen LogP contribution in [0, 0.1) is 0 Å². The molecule has 1 N–H and O–H groups in total. The summed E-state index contributed by atoms with van der Waals surface area (Å²) in [7, 11) is 1.88. The number of aryl methyl sites for hydroxylation is 1. The Morgan fingerprint density at radius 2 is 2.19 bits per heavy atom. The standard InChI is InChI=1S/C17H29N3O/c1-5-18-16-9-7-6-8-14-10-20(11-15(14)16)12-17(21)19(4)13(2)3/h10-11,13,16,18H,5-9,12H2,1-4H3. The lowest BCUT2D eigenvalue weighted by Crippen LogP contribution is -2.35. The van der Waals surface area contributed by atoms with Gasteiger partial charge < -0.3 is 14.8 Å². The van der Waals surface area contributed by atoms with Crippen LogP contribution in [0.1, 0.15) is 57.2 Å². The molecule has 0 spiro atoms. The molecular weight excluding hydrogens is 262 g/mol. The van der Waals surface area contributed by atoms with E-state index in [-0.39, 0.29) is 11.9 Å². The van der Waals surface area contributed by atoms with E-state index in [9.17, 15) is 4.79 Å². The summed E-state index contributed by atoms with van der Waals surface area (Å²) in [6, 6.07) is 0.701. The predicted octanol–water partition coefficient (Wildman–Crippen LogP) is 2.73. The third kappa shape index (κ3) is 3.88. The minimum Gasteiger partial charge on any atom is -0.344 e. The Kier molecular flexibility index (Phi) is 5.45. The smallest absolute Gasteiger partial charge is 0.242 e. The molecule has 1 aromatic rings. The summed E-state index contributed by atoms with van der Waals surface area (Å²) in [5, 5.41) is 3.58. The fraction of sp³-hybridized carbons (Fsp3) is 0.706. The molecule has 1 amide bonds. The topological polar surface area (TPSA) is 37.3 Å². The summed E-state index contributed by atoms with van der Waals surface area (Å²) < 4.78 is 2.07. The van der Waals surface area contributed by atoms with E-state index in [2.05, 4.69) is 29.2 Å². The van der Waals surface area contributed by atoms with Gasteiger partial charge in [-0.25, -0.2) is 0 Å². The van der Waals surface area contributed by atoms with Crippen LogP contribution in [0.25, 0.3) is 0 Å². The molecule has 0 radical (unpaired) electrons. The molecule has 1 aliphatic carbocycles. The van der Waals surface area contributed by atoms with Gasteiger partial charge in [0.2, 0.25) is 5.91 Å². The van der Waals surface area contributed by atoms with Crippen LogP contribution in [0.2, 0.25) is 0 Å². The second kappa shape index (κ2) is 7.12. The molecule has 1 aliphatic rings. The van der Waals surface area contributed by atoms with E-state index in [0.717, 1.165) is 13.0 Å². The maximum absolute atomic E-state index is 12.2. The van der Waals surface area contributed by atoms with Crippen LogP contribution >= 0.6 is 0 Å². The molecule has 0 saturated carbocycles. The van der Waals surface area contributed by atoms with Crippen molar-refractivity contribution in [3.8, 4) is 0 Å². The van der Waals surface area contributed by atoms with Gasteiger partial charge in [-0.3, -0.25) is 4.79 Å². The van der Waals surface area contributed by atoms with Gasteiger partial charge in [-0.15, -0.1) is 0 Å². The minimum atomic E-state index is 0.176. The first-order chi connectivity index (χ1) is 10.0. The molecule has 4 nitrogen and oxygen atoms in total. The van der Waals surface area contributed by atoms with Gasteiger partial charge in [-0.2, -0.15) is 0 Å². The molecular formula is C17H29N3O. The number of hydrogen-bond acceptors (Lipinski definition) is 2. The zero-order valence-electron chi connectivity index (χ0n) is 13.9. The largest absolute Gasteiger partial charge is 0.344 e. The summed E-state index contributed by atoms with van der Waals surface area (Å²) in [6.07, 6.45) is 9.22. The van der Waals surface area contributed by atoms with Crippen molar-refractivity contribution < 1.29 is 4.79 Å². The predicted molar refractivity (Wildman–Crippen MR) is 86.3 cm³/mol. The Balaban J connectivity index is 2.13. The van der Waals surface area contributed by atoms with Crippen LogP contribution in [-0.2, 0) is 17.8 Å². The van der Waals surface area contributed by atoms with E-state index in [1.807, 2.05) is 25.8 Å². The first-order valence-corrected chi connectivity index (χ1v) is 8.20. The van der Waals surface area contributed by atoms with Gasteiger partial charge in [0.1, 0.15) is 6.54 Å². The lowest BCUT2D eigenvalue weighted by molar-refractivity contribution is -0.131. The maximum Gasteiger partial charge on any atom is 0.242 e. The average Bonchev–Trinajstić information content (AvgIpc) is 2.75. The molecule has 21 heavy (non-hydrogen) atoms. The van der Waals surface area contributed by atoms with Gasteiger partial charge in [0, 0.05) is 31.5 Å². The van der Waals surface area contributed by atoms with Crippen LogP contribution < -0.4 is 5.32 Å². The SMILES string of the molecule is CCNC1CCCCc2cn(CC(=O)N(C)C(C)C)cc21. The minimum absolute atomic E-state index is 0.176. The first kappa shape index (κ1) is 16.1. The fourth-order valence-electron chi connectivity index (χ4n) is 3.02. The molecule has 118 valence electrons. The molecule has 1 heterocycles. The summed E-state index contributed by atoms with van der Waals surface area (Å²) in [4.78, 5) is 14.0. The lowest BCUT2D eigenvalue weighted by Gasteiger charge is -2.21. The number of likely N-dealkylation sites (N-methyl/N-ethyl adjacent to an activating group) is 1. The molecule has 1 aromatic heterocycles. The molecule has 0 aliphatic heterocycles. The van der Waals surface area contributed by atoms with Gasteiger partial charge >= 0.3 is 0 Å². The number of aromatic nitrogens is 1. The van der Waals surface area contributed by atoms with E-state index in [0.29, 0.717) is 12.6 Å². The summed E-state index contributed by atoms with van der Waals surface area (Å²) in [6.45, 7) is 7.68. The highest BCUT2D eigenvalue weighted by molar-refractivity contribution is 5.76. The number of carbonyl (C=O) groups is 1. The first-order valence-electron chi connectivity index (χ1n) is 8.20. The second-order valence-electron chi connectivity index (χ2n) is 6.37. The summed E-state index contributed by atoms with van der Waals surface area (Å²) in [5.74, 6) is 0.176. The molecule has 0 bridgehead atoms. The normalized spacial score (nSPS) is 18.4. The highest BCUT2D eigenvalue weighted by atomic mass is 16.2. The highest BCUT2D eigenvalue weighted by Crippen LogP contribution is 2.29. The van der Waals surface area contributed by atoms with E-state index >= 15 is 0 Å². The molecule has 1 unspecified atom stereocenters. The van der Waals surface area contributed by atoms with Crippen molar-refractivity contribution >= 4 is 5.91 Å². The number of rotatable bonds is 5. The van der Waals surface area contributed by atoms with Gasteiger partial charge in [-0.05, 0) is 50.8 Å². The zero-order valence-corrected chi connectivity index (χ0v) is 13.9. The Morgan fingerprint density at radius 3 is 2.86 bits per heavy atom. The average molecular weight is 291 g/mol. The van der Waals surface area contributed by atoms with E-state index in [1.54, 1.807) is 0 Å². The molecule has 1 atom stereocenters. The maximum atomic E-state index is 12.2. The van der Waals surface area contributed by atoms with E-state index in [4.69, 9.17) is 0 Å². The Morgan fingerprint density at radius 1 is 1.43 bits per heavy atom. The fourth-order valence-corrected chi connectivity index (χ4v) is 3.02. The van der Waals surface area contributed by atoms with Crippen molar-refractivity contribution in [2.45, 2.75) is 65.1 Å². The van der Waals surface area contributed by atoms with Gasteiger partial charge in [0.15, 0.2) is 0 Å². The number of amides is 1. The van der Waals surface area contributed by atoms with Gasteiger partial charge in [-0.1, -0.05) is 13.3 Å². The number of nitrogens with one attached hydrogen (secondary N) is 1. The quantitative estimate of drug-likeness (QED) is 0.847. The van der Waals surface area contributed by atoms with Crippen LogP contribution in [0.5, 0.6) is 0 Å². The molecule has 4 heteroatoms. The number of nitrogens with zero attached hydrogens (tertiary/aromatic N) is 2. The number of fused-ring (bicyclic) bond motifs is 1. The zero-order chi connectivity index (χ0) is 15.4. The van der Waals surface area contributed by atoms with Crippen molar-refractivity contribution in [1.29, 1.82) is 0 Å². The number of carbonyl (C=O) groups excluding carboxylic acids is 1. The van der Waals surface area contributed by atoms with Crippen LogP contribution in [0.4, 0.5) is 0 Å². The van der Waals surface area contributed by atoms with Crippen molar-refractivity contribution in [3.05, 3.63) is 23.5 Å². The van der Waals surface area contributed by atoms with Crippen LogP contribution in [0.3, 0.4) is 0 Å². The van der Waals surface area contributed by atoms with Crippen LogP contribution in [-0.4, -0.2) is 35.0 Å². The van der Waals surface area contributed by atoms with Crippen molar-refractivity contribution in [2.24, 2.45) is 0 Å². The van der Waals surface area contributed by atoms with Gasteiger partial charge in [0.05, 0.1) is 0 Å². The Hall–Kier alpha value is -1.29.